The van der Waals surface area contributed by atoms with Gasteiger partial charge in [0.15, 0.2) is 5.69 Å². The highest BCUT2D eigenvalue weighted by Gasteiger charge is 2.47. The van der Waals surface area contributed by atoms with Crippen molar-refractivity contribution in [2.24, 2.45) is 17.8 Å². The zero-order chi connectivity index (χ0) is 20.1. The highest BCUT2D eigenvalue weighted by Crippen LogP contribution is 2.44. The van der Waals surface area contributed by atoms with E-state index in [0.717, 1.165) is 29.8 Å². The van der Waals surface area contributed by atoms with E-state index in [4.69, 9.17) is 0 Å². The molecule has 0 spiro atoms. The first-order valence-electron chi connectivity index (χ1n) is 8.86. The van der Waals surface area contributed by atoms with Crippen LogP contribution in [0.3, 0.4) is 0 Å². The molecule has 1 saturated heterocycles. The minimum absolute atomic E-state index is 0.0708. The number of aromatic nitrogens is 3. The van der Waals surface area contributed by atoms with Crippen LogP contribution < -0.4 is 0 Å². The lowest BCUT2D eigenvalue weighted by Gasteiger charge is -2.14. The molecule has 7 nitrogen and oxygen atoms in total. The van der Waals surface area contributed by atoms with Gasteiger partial charge in [0.1, 0.15) is 0 Å². The van der Waals surface area contributed by atoms with Crippen molar-refractivity contribution in [3.8, 4) is 5.69 Å². The Morgan fingerprint density at radius 1 is 1.14 bits per heavy atom. The van der Waals surface area contributed by atoms with Crippen LogP contribution in [0.2, 0.25) is 0 Å². The van der Waals surface area contributed by atoms with Gasteiger partial charge in [0.05, 0.1) is 23.4 Å². The number of amides is 1. The van der Waals surface area contributed by atoms with E-state index in [1.54, 1.807) is 0 Å². The van der Waals surface area contributed by atoms with E-state index >= 15 is 0 Å². The number of likely N-dealkylation sites (tertiary alicyclic amines) is 1. The Morgan fingerprint density at radius 3 is 2.50 bits per heavy atom. The fourth-order valence-electron chi connectivity index (χ4n) is 3.81. The van der Waals surface area contributed by atoms with Crippen molar-refractivity contribution in [3.63, 3.8) is 0 Å². The third kappa shape index (κ3) is 3.34. The topological polar surface area (TPSA) is 88.3 Å². The summed E-state index contributed by atoms with van der Waals surface area (Å²) in [7, 11) is 0. The maximum absolute atomic E-state index is 13.2. The van der Waals surface area contributed by atoms with Gasteiger partial charge in [-0.25, -0.2) is 4.68 Å². The van der Waals surface area contributed by atoms with Gasteiger partial charge in [0, 0.05) is 13.1 Å². The van der Waals surface area contributed by atoms with Crippen molar-refractivity contribution in [3.05, 3.63) is 41.7 Å². The van der Waals surface area contributed by atoms with Gasteiger partial charge in [-0.05, 0) is 36.8 Å². The van der Waals surface area contributed by atoms with Gasteiger partial charge in [-0.3, -0.25) is 9.59 Å². The molecule has 0 bridgehead atoms. The van der Waals surface area contributed by atoms with E-state index in [1.807, 2.05) is 0 Å². The van der Waals surface area contributed by atoms with Gasteiger partial charge in [-0.2, -0.15) is 13.2 Å². The molecule has 2 aliphatic rings. The quantitative estimate of drug-likeness (QED) is 0.861. The first kappa shape index (κ1) is 18.5. The van der Waals surface area contributed by atoms with Gasteiger partial charge < -0.3 is 10.0 Å². The number of carbonyl (C=O) groups is 2. The molecule has 1 aliphatic heterocycles. The van der Waals surface area contributed by atoms with Crippen LogP contribution in [0, 0.1) is 17.8 Å². The molecule has 1 aromatic carbocycles. The molecular formula is C18H17F3N4O3. The normalized spacial score (nSPS) is 22.5. The lowest BCUT2D eigenvalue weighted by molar-refractivity contribution is -0.142. The zero-order valence-corrected chi connectivity index (χ0v) is 14.6. The Kier molecular flexibility index (Phi) is 4.35. The maximum atomic E-state index is 13.2. The Labute approximate surface area is 157 Å². The summed E-state index contributed by atoms with van der Waals surface area (Å²) in [5.41, 5.74) is -1.24. The summed E-state index contributed by atoms with van der Waals surface area (Å²) in [5, 5.41) is 16.8. The number of hydrogen-bond acceptors (Lipinski definition) is 4. The molecule has 2 atom stereocenters. The Morgan fingerprint density at radius 2 is 1.86 bits per heavy atom. The molecule has 1 saturated carbocycles. The van der Waals surface area contributed by atoms with E-state index in [9.17, 15) is 27.9 Å². The molecule has 2 fully saturated rings. The molecule has 1 aliphatic carbocycles. The molecule has 2 heterocycles. The van der Waals surface area contributed by atoms with Crippen molar-refractivity contribution >= 4 is 11.9 Å². The van der Waals surface area contributed by atoms with Crippen LogP contribution in [0.4, 0.5) is 13.2 Å². The zero-order valence-electron chi connectivity index (χ0n) is 14.6. The number of hydrogen-bond donors (Lipinski definition) is 1. The lowest BCUT2D eigenvalue weighted by atomic mass is 9.92. The average molecular weight is 394 g/mol. The predicted octanol–water partition coefficient (Wildman–Crippen LogP) is 2.47. The lowest BCUT2D eigenvalue weighted by Crippen LogP contribution is -2.30. The minimum Gasteiger partial charge on any atom is -0.481 e. The van der Waals surface area contributed by atoms with Crippen LogP contribution in [-0.4, -0.2) is 50.0 Å². The summed E-state index contributed by atoms with van der Waals surface area (Å²) in [5.74, 6) is -1.87. The Bertz CT molecular complexity index is 923. The number of carboxylic acid groups (broad SMARTS) is 1. The number of nitrogens with zero attached hydrogens (tertiary/aromatic N) is 4. The molecule has 10 heteroatoms. The van der Waals surface area contributed by atoms with Gasteiger partial charge in [0.2, 0.25) is 0 Å². The maximum Gasteiger partial charge on any atom is 0.418 e. The molecule has 2 aromatic rings. The summed E-state index contributed by atoms with van der Waals surface area (Å²) in [4.78, 5) is 25.6. The predicted molar refractivity (Wildman–Crippen MR) is 89.6 cm³/mol. The summed E-state index contributed by atoms with van der Waals surface area (Å²) in [6.07, 6.45) is -1.51. The summed E-state index contributed by atoms with van der Waals surface area (Å²) in [6, 6.07) is 4.87. The van der Waals surface area contributed by atoms with Gasteiger partial charge in [-0.1, -0.05) is 17.3 Å². The standard InChI is InChI=1S/C18H17F3N4O3/c19-18(20,21)13-3-1-2-4-15(13)25-9-14(22-23-25)16(26)24-7-11(10-5-6-10)12(8-24)17(27)28/h1-4,9-12H,5-8H2,(H,27,28)/t11-,12+/m1/s1. The van der Waals surface area contributed by atoms with E-state index in [1.165, 1.54) is 23.1 Å². The molecule has 0 unspecified atom stereocenters. The third-order valence-corrected chi connectivity index (χ3v) is 5.37. The number of carboxylic acids is 1. The van der Waals surface area contributed by atoms with E-state index < -0.39 is 29.5 Å². The van der Waals surface area contributed by atoms with E-state index in [2.05, 4.69) is 10.3 Å². The number of alkyl halides is 3. The van der Waals surface area contributed by atoms with Crippen molar-refractivity contribution in [1.82, 2.24) is 19.9 Å². The molecule has 28 heavy (non-hydrogen) atoms. The largest absolute Gasteiger partial charge is 0.481 e. The van der Waals surface area contributed by atoms with Crippen LogP contribution >= 0.6 is 0 Å². The molecule has 1 amide bonds. The number of rotatable bonds is 4. The van der Waals surface area contributed by atoms with Crippen LogP contribution in [0.1, 0.15) is 28.9 Å². The van der Waals surface area contributed by atoms with Crippen molar-refractivity contribution < 1.29 is 27.9 Å². The van der Waals surface area contributed by atoms with E-state index in [-0.39, 0.29) is 23.8 Å². The molecule has 148 valence electrons. The van der Waals surface area contributed by atoms with Crippen molar-refractivity contribution in [2.45, 2.75) is 19.0 Å². The van der Waals surface area contributed by atoms with Crippen LogP contribution in [0.25, 0.3) is 5.69 Å². The second-order valence-electron chi connectivity index (χ2n) is 7.22. The molecule has 4 rings (SSSR count). The SMILES string of the molecule is O=C(O)[C@H]1CN(C(=O)c2cn(-c3ccccc3C(F)(F)F)nn2)C[C@@H]1C1CC1. The first-order chi connectivity index (χ1) is 13.3. The summed E-state index contributed by atoms with van der Waals surface area (Å²) >= 11 is 0. The first-order valence-corrected chi connectivity index (χ1v) is 8.86. The van der Waals surface area contributed by atoms with Gasteiger partial charge >= 0.3 is 12.1 Å². The van der Waals surface area contributed by atoms with Gasteiger partial charge in [-0.15, -0.1) is 5.10 Å². The second kappa shape index (κ2) is 6.61. The second-order valence-corrected chi connectivity index (χ2v) is 7.22. The van der Waals surface area contributed by atoms with Crippen LogP contribution in [0.5, 0.6) is 0 Å². The minimum atomic E-state index is -4.58. The molecular weight excluding hydrogens is 377 g/mol. The number of halogens is 3. The van der Waals surface area contributed by atoms with Crippen molar-refractivity contribution in [1.29, 1.82) is 0 Å². The number of para-hydroxylation sites is 1. The molecule has 1 N–H and O–H groups in total. The summed E-state index contributed by atoms with van der Waals surface area (Å²) in [6.45, 7) is 0.383. The highest BCUT2D eigenvalue weighted by molar-refractivity contribution is 5.92. The number of carbonyl (C=O) groups excluding carboxylic acids is 1. The van der Waals surface area contributed by atoms with Crippen LogP contribution in [-0.2, 0) is 11.0 Å². The Balaban J connectivity index is 1.57. The number of aliphatic carboxylic acids is 1. The van der Waals surface area contributed by atoms with E-state index in [0.29, 0.717) is 12.5 Å². The highest BCUT2D eigenvalue weighted by atomic mass is 19.4. The van der Waals surface area contributed by atoms with Crippen LogP contribution in [0.15, 0.2) is 30.5 Å². The fraction of sp³-hybridized carbons (Fsp3) is 0.444. The average Bonchev–Trinajstić information content (AvgIpc) is 3.20. The summed E-state index contributed by atoms with van der Waals surface area (Å²) < 4.78 is 40.5. The molecule has 0 radical (unpaired) electrons. The number of benzene rings is 1. The third-order valence-electron chi connectivity index (χ3n) is 5.37. The molecule has 1 aromatic heterocycles. The van der Waals surface area contributed by atoms with Gasteiger partial charge in [0.25, 0.3) is 5.91 Å². The monoisotopic (exact) mass is 394 g/mol. The van der Waals surface area contributed by atoms with Crippen molar-refractivity contribution in [2.75, 3.05) is 13.1 Å². The fourth-order valence-corrected chi connectivity index (χ4v) is 3.81. The Hall–Kier alpha value is -2.91. The smallest absolute Gasteiger partial charge is 0.418 e.